The molecule has 0 saturated carbocycles. The van der Waals surface area contributed by atoms with Gasteiger partial charge in [-0.05, 0) is 38.0 Å². The summed E-state index contributed by atoms with van der Waals surface area (Å²) in [5.41, 5.74) is 0.525. The monoisotopic (exact) mass is 353 g/mol. The Labute approximate surface area is 144 Å². The third-order valence-electron chi connectivity index (χ3n) is 4.61. The first-order chi connectivity index (χ1) is 11.8. The fourth-order valence-electron chi connectivity index (χ4n) is 3.56. The van der Waals surface area contributed by atoms with Gasteiger partial charge in [0, 0.05) is 31.4 Å². The molecule has 1 aromatic heterocycles. The quantitative estimate of drug-likeness (QED) is 0.909. The smallest absolute Gasteiger partial charge is 0.392 e. The van der Waals surface area contributed by atoms with Crippen LogP contribution in [0.4, 0.5) is 13.2 Å². The van der Waals surface area contributed by atoms with Crippen LogP contribution < -0.4 is 0 Å². The van der Waals surface area contributed by atoms with Crippen LogP contribution in [0.25, 0.3) is 0 Å². The third kappa shape index (κ3) is 3.72. The van der Waals surface area contributed by atoms with Gasteiger partial charge in [0.25, 0.3) is 0 Å². The van der Waals surface area contributed by atoms with Crippen LogP contribution in [0.5, 0.6) is 0 Å². The number of hydrogen-bond acceptors (Lipinski definition) is 3. The van der Waals surface area contributed by atoms with Crippen LogP contribution in [0, 0.1) is 0 Å². The van der Waals surface area contributed by atoms with Crippen molar-refractivity contribution < 1.29 is 18.3 Å². The van der Waals surface area contributed by atoms with Gasteiger partial charge in [0.1, 0.15) is 0 Å². The molecule has 136 valence electrons. The highest BCUT2D eigenvalue weighted by atomic mass is 19.4. The van der Waals surface area contributed by atoms with E-state index in [0.717, 1.165) is 11.8 Å². The molecule has 3 rings (SSSR count). The van der Waals surface area contributed by atoms with E-state index in [9.17, 15) is 18.3 Å². The molecule has 1 aromatic carbocycles. The minimum Gasteiger partial charge on any atom is -0.392 e. The van der Waals surface area contributed by atoms with Gasteiger partial charge >= 0.3 is 6.18 Å². The zero-order valence-electron chi connectivity index (χ0n) is 14.2. The van der Waals surface area contributed by atoms with Gasteiger partial charge < -0.3 is 5.11 Å². The molecule has 4 nitrogen and oxygen atoms in total. The zero-order valence-corrected chi connectivity index (χ0v) is 14.2. The summed E-state index contributed by atoms with van der Waals surface area (Å²) in [5.74, 6) is 0. The lowest BCUT2D eigenvalue weighted by molar-refractivity contribution is -0.138. The molecule has 0 unspecified atom stereocenters. The Morgan fingerprint density at radius 1 is 1.24 bits per heavy atom. The topological polar surface area (TPSA) is 41.3 Å². The molecule has 2 heterocycles. The van der Waals surface area contributed by atoms with Crippen molar-refractivity contribution in [3.05, 3.63) is 53.3 Å². The molecule has 1 aliphatic heterocycles. The van der Waals surface area contributed by atoms with Crippen molar-refractivity contribution in [3.8, 4) is 0 Å². The average molecular weight is 353 g/mol. The fraction of sp³-hybridized carbons (Fsp3) is 0.500. The van der Waals surface area contributed by atoms with Crippen molar-refractivity contribution in [1.29, 1.82) is 0 Å². The van der Waals surface area contributed by atoms with E-state index in [0.29, 0.717) is 19.5 Å². The van der Waals surface area contributed by atoms with Crippen molar-refractivity contribution in [2.75, 3.05) is 6.54 Å². The highest BCUT2D eigenvalue weighted by Crippen LogP contribution is 2.40. The maximum absolute atomic E-state index is 13.4. The fourth-order valence-corrected chi connectivity index (χ4v) is 3.56. The van der Waals surface area contributed by atoms with Crippen molar-refractivity contribution in [2.24, 2.45) is 0 Å². The highest BCUT2D eigenvalue weighted by molar-refractivity contribution is 5.33. The van der Waals surface area contributed by atoms with Crippen LogP contribution in [0.15, 0.2) is 36.5 Å². The number of aromatic nitrogens is 2. The molecule has 1 aliphatic rings. The number of hydrogen-bond donors (Lipinski definition) is 1. The molecular formula is C18H22F3N3O. The summed E-state index contributed by atoms with van der Waals surface area (Å²) >= 11 is 0. The summed E-state index contributed by atoms with van der Waals surface area (Å²) in [6.07, 6.45) is -3.06. The predicted molar refractivity (Wildman–Crippen MR) is 87.8 cm³/mol. The first kappa shape index (κ1) is 17.9. The third-order valence-corrected chi connectivity index (χ3v) is 4.61. The number of aliphatic hydroxyl groups excluding tert-OH is 1. The zero-order chi connectivity index (χ0) is 18.2. The first-order valence-corrected chi connectivity index (χ1v) is 8.38. The Hall–Kier alpha value is -1.86. The average Bonchev–Trinajstić information content (AvgIpc) is 3.13. The van der Waals surface area contributed by atoms with Gasteiger partial charge in [-0.3, -0.25) is 9.58 Å². The number of nitrogens with zero attached hydrogens (tertiary/aromatic N) is 3. The Kier molecular flexibility index (Phi) is 4.88. The summed E-state index contributed by atoms with van der Waals surface area (Å²) in [7, 11) is 0. The molecule has 0 aliphatic carbocycles. The Balaban J connectivity index is 1.92. The molecule has 25 heavy (non-hydrogen) atoms. The summed E-state index contributed by atoms with van der Waals surface area (Å²) < 4.78 is 42.0. The second-order valence-corrected chi connectivity index (χ2v) is 6.78. The Morgan fingerprint density at radius 2 is 1.96 bits per heavy atom. The molecule has 0 radical (unpaired) electrons. The van der Waals surface area contributed by atoms with Crippen molar-refractivity contribution in [3.63, 3.8) is 0 Å². The van der Waals surface area contributed by atoms with Gasteiger partial charge in [-0.15, -0.1) is 0 Å². The highest BCUT2D eigenvalue weighted by Gasteiger charge is 2.39. The number of halogens is 3. The standard InChI is InChI=1S/C18H22F3N3O/c1-12(2)24-13(7-8-22-24)10-23-11-14(25)9-17(23)15-5-3-4-6-16(15)18(19,20)21/h3-8,12,14,17,25H,9-11H2,1-2H3/t14-,17-/m0/s1. The van der Waals surface area contributed by atoms with Crippen LogP contribution >= 0.6 is 0 Å². The minimum absolute atomic E-state index is 0.165. The van der Waals surface area contributed by atoms with Gasteiger partial charge in [0.15, 0.2) is 0 Å². The number of alkyl halides is 3. The Morgan fingerprint density at radius 3 is 2.64 bits per heavy atom. The second-order valence-electron chi connectivity index (χ2n) is 6.78. The molecule has 0 spiro atoms. The van der Waals surface area contributed by atoms with Crippen LogP contribution in [0.1, 0.15) is 49.2 Å². The van der Waals surface area contributed by atoms with Gasteiger partial charge in [-0.1, -0.05) is 18.2 Å². The lowest BCUT2D eigenvalue weighted by Gasteiger charge is -2.27. The molecule has 2 aromatic rings. The van der Waals surface area contributed by atoms with E-state index in [1.165, 1.54) is 12.1 Å². The first-order valence-electron chi connectivity index (χ1n) is 8.38. The molecule has 2 atom stereocenters. The normalized spacial score (nSPS) is 22.0. The maximum Gasteiger partial charge on any atom is 0.416 e. The van der Waals surface area contributed by atoms with E-state index < -0.39 is 23.9 Å². The van der Waals surface area contributed by atoms with Gasteiger partial charge in [0.05, 0.1) is 17.4 Å². The molecule has 1 fully saturated rings. The summed E-state index contributed by atoms with van der Waals surface area (Å²) in [4.78, 5) is 1.91. The van der Waals surface area contributed by atoms with Crippen molar-refractivity contribution in [1.82, 2.24) is 14.7 Å². The number of rotatable bonds is 4. The molecule has 0 amide bonds. The van der Waals surface area contributed by atoms with E-state index in [1.807, 2.05) is 29.5 Å². The molecular weight excluding hydrogens is 331 g/mol. The van der Waals surface area contributed by atoms with E-state index in [1.54, 1.807) is 12.3 Å². The maximum atomic E-state index is 13.4. The molecule has 7 heteroatoms. The Bertz CT molecular complexity index is 726. The van der Waals surface area contributed by atoms with E-state index in [2.05, 4.69) is 5.10 Å². The lowest BCUT2D eigenvalue weighted by atomic mass is 9.97. The largest absolute Gasteiger partial charge is 0.416 e. The number of aliphatic hydroxyl groups is 1. The van der Waals surface area contributed by atoms with Crippen molar-refractivity contribution >= 4 is 0 Å². The van der Waals surface area contributed by atoms with Crippen LogP contribution in [0.2, 0.25) is 0 Å². The number of β-amino-alcohol motifs (C(OH)–C–C–N with tert-alkyl or cyclic N) is 1. The van der Waals surface area contributed by atoms with E-state index in [4.69, 9.17) is 0 Å². The van der Waals surface area contributed by atoms with Gasteiger partial charge in [0.2, 0.25) is 0 Å². The molecule has 1 N–H and O–H groups in total. The number of benzene rings is 1. The lowest BCUT2D eigenvalue weighted by Crippen LogP contribution is -2.27. The summed E-state index contributed by atoms with van der Waals surface area (Å²) in [6, 6.07) is 7.20. The number of likely N-dealkylation sites (tertiary alicyclic amines) is 1. The van der Waals surface area contributed by atoms with Crippen LogP contribution in [-0.4, -0.2) is 32.4 Å². The van der Waals surface area contributed by atoms with Gasteiger partial charge in [-0.25, -0.2) is 0 Å². The van der Waals surface area contributed by atoms with Crippen LogP contribution in [0.3, 0.4) is 0 Å². The molecule has 1 saturated heterocycles. The van der Waals surface area contributed by atoms with Gasteiger partial charge in [-0.2, -0.15) is 18.3 Å². The van der Waals surface area contributed by atoms with Crippen LogP contribution in [-0.2, 0) is 12.7 Å². The van der Waals surface area contributed by atoms with E-state index >= 15 is 0 Å². The SMILES string of the molecule is CC(C)n1nccc1CN1C[C@@H](O)C[C@H]1c1ccccc1C(F)(F)F. The minimum atomic E-state index is -4.41. The van der Waals surface area contributed by atoms with E-state index in [-0.39, 0.29) is 11.6 Å². The second kappa shape index (κ2) is 6.80. The predicted octanol–water partition coefficient (Wildman–Crippen LogP) is 3.79. The molecule has 0 bridgehead atoms. The summed E-state index contributed by atoms with van der Waals surface area (Å²) in [5, 5.41) is 14.4. The van der Waals surface area contributed by atoms with Crippen molar-refractivity contribution in [2.45, 2.75) is 51.2 Å². The summed E-state index contributed by atoms with van der Waals surface area (Å²) in [6.45, 7) is 4.81.